The van der Waals surface area contributed by atoms with Gasteiger partial charge < -0.3 is 18.9 Å². The van der Waals surface area contributed by atoms with Crippen LogP contribution in [0.25, 0.3) is 0 Å². The number of hydrogen-bond donors (Lipinski definition) is 0. The number of alkyl halides is 3. The van der Waals surface area contributed by atoms with Gasteiger partial charge in [-0.25, -0.2) is 0 Å². The Bertz CT molecular complexity index is 904. The molecule has 0 atom stereocenters. The van der Waals surface area contributed by atoms with Crippen LogP contribution in [0.1, 0.15) is 32.6 Å². The van der Waals surface area contributed by atoms with Crippen molar-refractivity contribution in [1.29, 1.82) is 0 Å². The lowest BCUT2D eigenvalue weighted by molar-refractivity contribution is -0.138. The minimum Gasteiger partial charge on any atom is -0.496 e. The first-order valence-electron chi connectivity index (χ1n) is 8.21. The third-order valence-corrected chi connectivity index (χ3v) is 4.43. The molecule has 28 heavy (non-hydrogen) atoms. The second-order valence-electron chi connectivity index (χ2n) is 5.98. The van der Waals surface area contributed by atoms with Crippen molar-refractivity contribution in [2.24, 2.45) is 0 Å². The van der Waals surface area contributed by atoms with Gasteiger partial charge in [-0.2, -0.15) is 13.2 Å². The van der Waals surface area contributed by atoms with Gasteiger partial charge in [0, 0.05) is 0 Å². The molecule has 0 heterocycles. The Hall–Kier alpha value is -2.90. The van der Waals surface area contributed by atoms with Gasteiger partial charge >= 0.3 is 6.18 Å². The van der Waals surface area contributed by atoms with Crippen molar-refractivity contribution < 1.29 is 36.9 Å². The molecule has 0 spiro atoms. The second kappa shape index (κ2) is 8.00. The van der Waals surface area contributed by atoms with E-state index in [1.807, 2.05) is 0 Å². The van der Waals surface area contributed by atoms with Crippen LogP contribution >= 0.6 is 0 Å². The molecule has 0 aliphatic heterocycles. The van der Waals surface area contributed by atoms with Gasteiger partial charge in [0.1, 0.15) is 5.75 Å². The zero-order chi connectivity index (χ0) is 21.2. The van der Waals surface area contributed by atoms with Crippen LogP contribution in [0.3, 0.4) is 0 Å². The summed E-state index contributed by atoms with van der Waals surface area (Å²) in [5.74, 6) is -0.0608. The van der Waals surface area contributed by atoms with Gasteiger partial charge in [-0.15, -0.1) is 0 Å². The minimum atomic E-state index is -4.61. The van der Waals surface area contributed by atoms with Crippen molar-refractivity contribution in [3.05, 3.63) is 46.0 Å². The fourth-order valence-electron chi connectivity index (χ4n) is 3.13. The first-order chi connectivity index (χ1) is 13.1. The molecule has 0 saturated carbocycles. The quantitative estimate of drug-likeness (QED) is 0.667. The van der Waals surface area contributed by atoms with Gasteiger partial charge in [-0.3, -0.25) is 4.79 Å². The first-order valence-corrected chi connectivity index (χ1v) is 8.21. The summed E-state index contributed by atoms with van der Waals surface area (Å²) >= 11 is 0. The SMILES string of the molecule is COc1cc(C)c(C(=O)c2c(OC)ccc(C(F)(F)F)c2C)c(OC)c1OC. The maximum atomic E-state index is 13.4. The standard InChI is InChI=1S/C20H21F3O5/c1-10-9-14(26-4)18(27-5)19(28-6)15(10)17(24)16-11(2)12(20(21,22)23)7-8-13(16)25-3/h7-9H,1-6H3. The van der Waals surface area contributed by atoms with Crippen LogP contribution in [0.4, 0.5) is 13.2 Å². The van der Waals surface area contributed by atoms with Crippen molar-refractivity contribution in [2.75, 3.05) is 28.4 Å². The van der Waals surface area contributed by atoms with E-state index in [0.717, 1.165) is 12.1 Å². The molecule has 0 fully saturated rings. The van der Waals surface area contributed by atoms with Gasteiger partial charge in [0.15, 0.2) is 11.5 Å². The largest absolute Gasteiger partial charge is 0.496 e. The maximum absolute atomic E-state index is 13.4. The summed E-state index contributed by atoms with van der Waals surface area (Å²) in [5, 5.41) is 0. The number of hydrogen-bond acceptors (Lipinski definition) is 5. The van der Waals surface area contributed by atoms with Crippen LogP contribution in [-0.4, -0.2) is 34.2 Å². The van der Waals surface area contributed by atoms with Gasteiger partial charge in [0.2, 0.25) is 11.5 Å². The predicted molar refractivity (Wildman–Crippen MR) is 97.0 cm³/mol. The Labute approximate surface area is 161 Å². The summed E-state index contributed by atoms with van der Waals surface area (Å²) in [6.07, 6.45) is -4.61. The van der Waals surface area contributed by atoms with E-state index in [1.54, 1.807) is 13.0 Å². The molecule has 8 heteroatoms. The summed E-state index contributed by atoms with van der Waals surface area (Å²) in [5.41, 5.74) is -0.799. The van der Waals surface area contributed by atoms with Crippen LogP contribution in [-0.2, 0) is 6.18 Å². The molecule has 0 saturated heterocycles. The molecule has 0 unspecified atom stereocenters. The molecule has 0 aliphatic rings. The van der Waals surface area contributed by atoms with Crippen molar-refractivity contribution in [1.82, 2.24) is 0 Å². The summed E-state index contributed by atoms with van der Waals surface area (Å²) in [6, 6.07) is 3.58. The zero-order valence-electron chi connectivity index (χ0n) is 16.4. The van der Waals surface area contributed by atoms with E-state index in [2.05, 4.69) is 0 Å². The second-order valence-corrected chi connectivity index (χ2v) is 5.98. The van der Waals surface area contributed by atoms with Crippen molar-refractivity contribution >= 4 is 5.78 Å². The van der Waals surface area contributed by atoms with Crippen molar-refractivity contribution in [3.63, 3.8) is 0 Å². The van der Waals surface area contributed by atoms with Crippen LogP contribution in [0.15, 0.2) is 18.2 Å². The number of halogens is 3. The van der Waals surface area contributed by atoms with E-state index in [1.165, 1.54) is 35.4 Å². The highest BCUT2D eigenvalue weighted by molar-refractivity contribution is 6.15. The number of rotatable bonds is 6. The lowest BCUT2D eigenvalue weighted by atomic mass is 9.91. The Balaban J connectivity index is 2.84. The zero-order valence-corrected chi connectivity index (χ0v) is 16.4. The number of ether oxygens (including phenoxy) is 4. The van der Waals surface area contributed by atoms with Gasteiger partial charge in [0.05, 0.1) is 45.1 Å². The number of aryl methyl sites for hydroxylation is 1. The average Bonchev–Trinajstić information content (AvgIpc) is 2.64. The Morgan fingerprint density at radius 3 is 1.86 bits per heavy atom. The van der Waals surface area contributed by atoms with Gasteiger partial charge in [-0.1, -0.05) is 0 Å². The van der Waals surface area contributed by atoms with E-state index < -0.39 is 17.5 Å². The molecule has 0 aromatic heterocycles. The molecule has 0 amide bonds. The predicted octanol–water partition coefficient (Wildman–Crippen LogP) is 4.59. The summed E-state index contributed by atoms with van der Waals surface area (Å²) in [7, 11) is 5.43. The lowest BCUT2D eigenvalue weighted by Gasteiger charge is -2.20. The molecule has 2 rings (SSSR count). The van der Waals surface area contributed by atoms with E-state index >= 15 is 0 Å². The molecule has 152 valence electrons. The monoisotopic (exact) mass is 398 g/mol. The Kier molecular flexibility index (Phi) is 6.11. The molecular formula is C20H21F3O5. The first kappa shape index (κ1) is 21.4. The molecule has 0 N–H and O–H groups in total. The number of methoxy groups -OCH3 is 4. The van der Waals surface area contributed by atoms with Gasteiger partial charge in [0.25, 0.3) is 0 Å². The Morgan fingerprint density at radius 1 is 0.821 bits per heavy atom. The third-order valence-electron chi connectivity index (χ3n) is 4.43. The molecule has 0 bridgehead atoms. The minimum absolute atomic E-state index is 0.0340. The van der Waals surface area contributed by atoms with Crippen LogP contribution in [0.2, 0.25) is 0 Å². The average molecular weight is 398 g/mol. The van der Waals surface area contributed by atoms with Crippen molar-refractivity contribution in [3.8, 4) is 23.0 Å². The fourth-order valence-corrected chi connectivity index (χ4v) is 3.13. The van der Waals surface area contributed by atoms with E-state index in [-0.39, 0.29) is 33.9 Å². The van der Waals surface area contributed by atoms with Crippen LogP contribution < -0.4 is 18.9 Å². The summed E-state index contributed by atoms with van der Waals surface area (Å²) in [4.78, 5) is 13.4. The summed E-state index contributed by atoms with van der Waals surface area (Å²) in [6.45, 7) is 2.87. The molecule has 0 aliphatic carbocycles. The number of benzene rings is 2. The normalized spacial score (nSPS) is 11.2. The molecule has 0 radical (unpaired) electrons. The highest BCUT2D eigenvalue weighted by atomic mass is 19.4. The molecule has 2 aromatic rings. The van der Waals surface area contributed by atoms with E-state index in [4.69, 9.17) is 18.9 Å². The number of carbonyl (C=O) groups excluding carboxylic acids is 1. The summed E-state index contributed by atoms with van der Waals surface area (Å²) < 4.78 is 61.1. The highest BCUT2D eigenvalue weighted by Crippen LogP contribution is 2.44. The fraction of sp³-hybridized carbons (Fsp3) is 0.350. The number of ketones is 1. The highest BCUT2D eigenvalue weighted by Gasteiger charge is 2.36. The van der Waals surface area contributed by atoms with E-state index in [9.17, 15) is 18.0 Å². The third kappa shape index (κ3) is 3.58. The topological polar surface area (TPSA) is 54.0 Å². The smallest absolute Gasteiger partial charge is 0.416 e. The molecular weight excluding hydrogens is 377 g/mol. The Morgan fingerprint density at radius 2 is 1.39 bits per heavy atom. The van der Waals surface area contributed by atoms with Crippen LogP contribution in [0, 0.1) is 13.8 Å². The molecule has 2 aromatic carbocycles. The van der Waals surface area contributed by atoms with E-state index in [0.29, 0.717) is 11.3 Å². The maximum Gasteiger partial charge on any atom is 0.416 e. The lowest BCUT2D eigenvalue weighted by Crippen LogP contribution is -2.15. The van der Waals surface area contributed by atoms with Crippen molar-refractivity contribution in [2.45, 2.75) is 20.0 Å². The van der Waals surface area contributed by atoms with Crippen LogP contribution in [0.5, 0.6) is 23.0 Å². The van der Waals surface area contributed by atoms with Gasteiger partial charge in [-0.05, 0) is 43.2 Å². The molecule has 5 nitrogen and oxygen atoms in total. The number of carbonyl (C=O) groups is 1.